The minimum Gasteiger partial charge on any atom is -0.465 e. The highest BCUT2D eigenvalue weighted by Crippen LogP contribution is 2.30. The van der Waals surface area contributed by atoms with Crippen LogP contribution in [0.3, 0.4) is 0 Å². The first kappa shape index (κ1) is 26.4. The van der Waals surface area contributed by atoms with Crippen molar-refractivity contribution in [1.29, 1.82) is 0 Å². The van der Waals surface area contributed by atoms with E-state index in [2.05, 4.69) is 32.4 Å². The highest BCUT2D eigenvalue weighted by Gasteiger charge is 2.15. The fourth-order valence-electron chi connectivity index (χ4n) is 3.35. The lowest BCUT2D eigenvalue weighted by atomic mass is 10.1. The van der Waals surface area contributed by atoms with Crippen molar-refractivity contribution in [2.45, 2.75) is 0 Å². The maximum absolute atomic E-state index is 14.8. The molecule has 0 unspecified atom stereocenters. The van der Waals surface area contributed by atoms with Crippen molar-refractivity contribution >= 4 is 23.5 Å². The molecule has 0 saturated heterocycles. The fourth-order valence-corrected chi connectivity index (χ4v) is 3.35. The number of amides is 2. The topological polar surface area (TPSA) is 159 Å². The summed E-state index contributed by atoms with van der Waals surface area (Å²) in [6.07, 6.45) is 0.0808. The lowest BCUT2D eigenvalue weighted by Crippen LogP contribution is -2.23. The molecule has 0 radical (unpaired) electrons. The molecular formula is C27H19F2N5O5. The van der Waals surface area contributed by atoms with Crippen molar-refractivity contribution in [3.63, 3.8) is 0 Å². The molecule has 0 aliphatic carbocycles. The highest BCUT2D eigenvalue weighted by atomic mass is 19.1. The number of carbonyl (C=O) groups is 2. The molecule has 12 heteroatoms. The number of aromatic nitrogens is 2. The number of nitrogen functional groups attached to an aromatic ring is 1. The minimum atomic E-state index is -1.25. The maximum Gasteiger partial charge on any atom is 0.405 e. The van der Waals surface area contributed by atoms with Crippen LogP contribution in [0.5, 0.6) is 11.5 Å². The predicted molar refractivity (Wildman–Crippen MR) is 138 cm³/mol. The average Bonchev–Trinajstić information content (AvgIpc) is 2.89. The Morgan fingerprint density at radius 3 is 2.51 bits per heavy atom. The predicted octanol–water partition coefficient (Wildman–Crippen LogP) is 3.96. The van der Waals surface area contributed by atoms with Crippen LogP contribution in [0.15, 0.2) is 71.7 Å². The summed E-state index contributed by atoms with van der Waals surface area (Å²) in [4.78, 5) is 42.2. The van der Waals surface area contributed by atoms with Gasteiger partial charge in [-0.05, 0) is 54.1 Å². The zero-order valence-corrected chi connectivity index (χ0v) is 19.9. The van der Waals surface area contributed by atoms with Crippen molar-refractivity contribution in [3.8, 4) is 34.6 Å². The van der Waals surface area contributed by atoms with Gasteiger partial charge >= 0.3 is 6.09 Å². The van der Waals surface area contributed by atoms with Gasteiger partial charge in [0.1, 0.15) is 28.5 Å². The van der Waals surface area contributed by atoms with Crippen LogP contribution in [0.1, 0.15) is 15.9 Å². The van der Waals surface area contributed by atoms with Crippen molar-refractivity contribution in [1.82, 2.24) is 15.3 Å². The van der Waals surface area contributed by atoms with E-state index in [9.17, 15) is 23.2 Å². The highest BCUT2D eigenvalue weighted by molar-refractivity contribution is 6.04. The molecule has 0 bridgehead atoms. The lowest BCUT2D eigenvalue weighted by molar-refractivity contribution is 0.102. The van der Waals surface area contributed by atoms with E-state index in [1.165, 1.54) is 60.8 Å². The molecule has 0 aliphatic rings. The quantitative estimate of drug-likeness (QED) is 0.236. The standard InChI is InChI=1S/C27H19F2N5O5/c28-16-5-3-15(4-6-16)21-9-8-19(26(36)34-21)25(35)33-17-7-10-23(20(29)14-17)39-22-11-13-31-24(30)18(22)2-1-12-32-27(37)38/h3-11,13-14,32H,12H2,(H2,30,31)(H,33,35)(H,34,36)(H,37,38). The van der Waals surface area contributed by atoms with Crippen molar-refractivity contribution < 1.29 is 28.2 Å². The third kappa shape index (κ3) is 6.55. The van der Waals surface area contributed by atoms with E-state index in [-0.39, 0.29) is 40.7 Å². The summed E-state index contributed by atoms with van der Waals surface area (Å²) in [6, 6.07) is 13.3. The zero-order chi connectivity index (χ0) is 27.9. The monoisotopic (exact) mass is 531 g/mol. The number of anilines is 2. The van der Waals surface area contributed by atoms with Crippen molar-refractivity contribution in [2.24, 2.45) is 0 Å². The Morgan fingerprint density at radius 1 is 1.05 bits per heavy atom. The number of hydrogen-bond donors (Lipinski definition) is 5. The molecule has 6 N–H and O–H groups in total. The van der Waals surface area contributed by atoms with Crippen LogP contribution in [-0.4, -0.2) is 33.6 Å². The number of halogens is 2. The fraction of sp³-hybridized carbons (Fsp3) is 0.0370. The Kier molecular flexibility index (Phi) is 7.82. The Hall–Kier alpha value is -5.70. The molecule has 196 valence electrons. The van der Waals surface area contributed by atoms with Crippen LogP contribution in [0.4, 0.5) is 25.1 Å². The van der Waals surface area contributed by atoms with Gasteiger partial charge in [-0.2, -0.15) is 0 Å². The number of carbonyl (C=O) groups excluding carboxylic acids is 1. The number of ether oxygens (including phenoxy) is 1. The largest absolute Gasteiger partial charge is 0.465 e. The molecule has 0 aliphatic heterocycles. The Morgan fingerprint density at radius 2 is 1.82 bits per heavy atom. The van der Waals surface area contributed by atoms with Gasteiger partial charge in [-0.1, -0.05) is 11.8 Å². The summed E-state index contributed by atoms with van der Waals surface area (Å²) >= 11 is 0. The van der Waals surface area contributed by atoms with Gasteiger partial charge in [-0.15, -0.1) is 0 Å². The summed E-state index contributed by atoms with van der Waals surface area (Å²) in [5, 5.41) is 13.2. The first-order valence-corrected chi connectivity index (χ1v) is 11.2. The molecule has 10 nitrogen and oxygen atoms in total. The molecule has 4 rings (SSSR count). The molecule has 2 amide bonds. The van der Waals surface area contributed by atoms with Crippen LogP contribution >= 0.6 is 0 Å². The number of hydrogen-bond acceptors (Lipinski definition) is 6. The second-order valence-corrected chi connectivity index (χ2v) is 7.85. The van der Waals surface area contributed by atoms with Gasteiger partial charge in [0.15, 0.2) is 11.6 Å². The number of benzene rings is 2. The third-order valence-corrected chi connectivity index (χ3v) is 5.20. The Bertz CT molecular complexity index is 1680. The first-order valence-electron chi connectivity index (χ1n) is 11.2. The van der Waals surface area contributed by atoms with Crippen molar-refractivity contribution in [3.05, 3.63) is 100.0 Å². The van der Waals surface area contributed by atoms with Crippen molar-refractivity contribution in [2.75, 3.05) is 17.6 Å². The number of rotatable bonds is 6. The molecule has 2 aromatic carbocycles. The summed E-state index contributed by atoms with van der Waals surface area (Å²) in [6.45, 7) is -0.177. The maximum atomic E-state index is 14.8. The average molecular weight is 531 g/mol. The van der Waals surface area contributed by atoms with Crippen LogP contribution in [0.2, 0.25) is 0 Å². The SMILES string of the molecule is Nc1nccc(Oc2ccc(NC(=O)c3ccc(-c4ccc(F)cc4)[nH]c3=O)cc2F)c1C#CCNC(=O)O. The number of nitrogens with one attached hydrogen (secondary N) is 3. The second-order valence-electron chi connectivity index (χ2n) is 7.85. The third-order valence-electron chi connectivity index (χ3n) is 5.20. The van der Waals surface area contributed by atoms with Gasteiger partial charge in [0.05, 0.1) is 6.54 Å². The number of aromatic amines is 1. The van der Waals surface area contributed by atoms with Crippen LogP contribution < -0.4 is 26.7 Å². The summed E-state index contributed by atoms with van der Waals surface area (Å²) < 4.78 is 33.6. The molecule has 2 aromatic heterocycles. The van der Waals surface area contributed by atoms with E-state index >= 15 is 0 Å². The minimum absolute atomic E-state index is 0.00437. The van der Waals surface area contributed by atoms with Crippen LogP contribution in [-0.2, 0) is 0 Å². The summed E-state index contributed by atoms with van der Waals surface area (Å²) in [7, 11) is 0. The zero-order valence-electron chi connectivity index (χ0n) is 19.9. The van der Waals surface area contributed by atoms with Gasteiger partial charge in [-0.3, -0.25) is 9.59 Å². The van der Waals surface area contributed by atoms with Gasteiger partial charge in [0, 0.05) is 29.7 Å². The molecule has 0 fully saturated rings. The molecule has 0 saturated carbocycles. The van der Waals surface area contributed by atoms with E-state index in [1.54, 1.807) is 0 Å². The smallest absolute Gasteiger partial charge is 0.405 e. The van der Waals surface area contributed by atoms with E-state index in [0.29, 0.717) is 11.3 Å². The van der Waals surface area contributed by atoms with Gasteiger partial charge in [-0.25, -0.2) is 18.6 Å². The van der Waals surface area contributed by atoms with Gasteiger partial charge in [0.25, 0.3) is 11.5 Å². The molecule has 0 spiro atoms. The lowest BCUT2D eigenvalue weighted by Gasteiger charge is -2.11. The van der Waals surface area contributed by atoms with E-state index in [0.717, 1.165) is 6.07 Å². The Labute approximate surface area is 219 Å². The van der Waals surface area contributed by atoms with E-state index < -0.39 is 29.2 Å². The summed E-state index contributed by atoms with van der Waals surface area (Å²) in [5.41, 5.74) is 6.07. The van der Waals surface area contributed by atoms with Crippen LogP contribution in [0, 0.1) is 23.5 Å². The number of pyridine rings is 2. The molecule has 4 aromatic rings. The number of nitrogens with two attached hydrogens (primary N) is 1. The molecule has 39 heavy (non-hydrogen) atoms. The summed E-state index contributed by atoms with van der Waals surface area (Å²) in [5.74, 6) is 3.01. The normalized spacial score (nSPS) is 10.2. The molecular weight excluding hydrogens is 512 g/mol. The molecule has 0 atom stereocenters. The second kappa shape index (κ2) is 11.6. The Balaban J connectivity index is 1.48. The number of carboxylic acid groups (broad SMARTS) is 1. The van der Waals surface area contributed by atoms with E-state index in [4.69, 9.17) is 15.6 Å². The first-order chi connectivity index (χ1) is 18.7. The molecule has 2 heterocycles. The number of H-pyrrole nitrogens is 1. The van der Waals surface area contributed by atoms with Gasteiger partial charge in [0.2, 0.25) is 0 Å². The van der Waals surface area contributed by atoms with Crippen LogP contribution in [0.25, 0.3) is 11.3 Å². The number of nitrogens with zero attached hydrogens (tertiary/aromatic N) is 1. The van der Waals surface area contributed by atoms with E-state index in [1.807, 2.05) is 0 Å². The van der Waals surface area contributed by atoms with Gasteiger partial charge < -0.3 is 31.2 Å².